The average molecular weight is 332 g/mol. The zero-order valence-electron chi connectivity index (χ0n) is 14.8. The Labute approximate surface area is 144 Å². The number of benzene rings is 1. The van der Waals surface area contributed by atoms with Crippen LogP contribution in [0.15, 0.2) is 18.2 Å². The molecule has 1 aliphatic carbocycles. The van der Waals surface area contributed by atoms with Gasteiger partial charge in [0.15, 0.2) is 11.5 Å². The van der Waals surface area contributed by atoms with Gasteiger partial charge in [-0.2, -0.15) is 0 Å². The molecule has 0 saturated heterocycles. The Morgan fingerprint density at radius 1 is 1.25 bits per heavy atom. The minimum absolute atomic E-state index is 0.0857. The largest absolute Gasteiger partial charge is 0.454 e. The minimum Gasteiger partial charge on any atom is -0.454 e. The van der Waals surface area contributed by atoms with Crippen molar-refractivity contribution in [2.75, 3.05) is 6.79 Å². The topological polar surface area (TPSA) is 59.6 Å². The van der Waals surface area contributed by atoms with E-state index in [-0.39, 0.29) is 18.9 Å². The number of carbonyl (C=O) groups excluding carboxylic acids is 1. The highest BCUT2D eigenvalue weighted by Gasteiger charge is 2.31. The molecule has 3 atom stereocenters. The molecule has 1 aromatic carbocycles. The molecule has 0 aromatic heterocycles. The molecule has 1 heterocycles. The molecule has 2 aliphatic rings. The number of carbonyl (C=O) groups is 1. The van der Waals surface area contributed by atoms with E-state index in [9.17, 15) is 4.79 Å². The summed E-state index contributed by atoms with van der Waals surface area (Å²) in [6.07, 6.45) is 3.53. The van der Waals surface area contributed by atoms with Crippen molar-refractivity contribution in [2.24, 2.45) is 17.8 Å². The summed E-state index contributed by atoms with van der Waals surface area (Å²) < 4.78 is 10.7. The number of nitrogens with one attached hydrogen (secondary N) is 2. The Balaban J connectivity index is 1.53. The maximum absolute atomic E-state index is 12.3. The molecule has 5 nitrogen and oxygen atoms in total. The van der Waals surface area contributed by atoms with Crippen molar-refractivity contribution in [3.8, 4) is 11.5 Å². The summed E-state index contributed by atoms with van der Waals surface area (Å²) in [5.41, 5.74) is 1.01. The van der Waals surface area contributed by atoms with Crippen LogP contribution in [0.25, 0.3) is 0 Å². The summed E-state index contributed by atoms with van der Waals surface area (Å²) in [4.78, 5) is 12.3. The minimum atomic E-state index is -0.0857. The van der Waals surface area contributed by atoms with Crippen molar-refractivity contribution < 1.29 is 14.3 Å². The maximum Gasteiger partial charge on any atom is 0.315 e. The molecule has 2 N–H and O–H groups in total. The monoisotopic (exact) mass is 332 g/mol. The molecular weight excluding hydrogens is 304 g/mol. The van der Waals surface area contributed by atoms with E-state index in [0.717, 1.165) is 23.5 Å². The number of fused-ring (bicyclic) bond motifs is 1. The van der Waals surface area contributed by atoms with E-state index in [1.165, 1.54) is 12.8 Å². The van der Waals surface area contributed by atoms with E-state index < -0.39 is 0 Å². The van der Waals surface area contributed by atoms with E-state index in [4.69, 9.17) is 9.47 Å². The third-order valence-corrected chi connectivity index (χ3v) is 5.23. The molecule has 1 aromatic rings. The zero-order chi connectivity index (χ0) is 17.1. The first-order valence-electron chi connectivity index (χ1n) is 8.96. The molecule has 1 unspecified atom stereocenters. The smallest absolute Gasteiger partial charge is 0.315 e. The van der Waals surface area contributed by atoms with Gasteiger partial charge in [-0.05, 0) is 48.3 Å². The van der Waals surface area contributed by atoms with Gasteiger partial charge >= 0.3 is 6.03 Å². The van der Waals surface area contributed by atoms with Gasteiger partial charge in [0.25, 0.3) is 0 Å². The van der Waals surface area contributed by atoms with Crippen molar-refractivity contribution >= 4 is 6.03 Å². The Hall–Kier alpha value is -1.91. The first kappa shape index (κ1) is 16.9. The number of hydrogen-bond acceptors (Lipinski definition) is 3. The van der Waals surface area contributed by atoms with E-state index in [1.54, 1.807) is 0 Å². The number of amides is 2. The molecule has 0 bridgehead atoms. The standard InChI is InChI=1S/C19H28N2O3/c1-12(2)15-6-4-13(3)8-16(15)21-19(22)20-10-14-5-7-17-18(9-14)24-11-23-17/h5,7,9,12-13,15-16H,4,6,8,10-11H2,1-3H3,(H2,20,21,22)/t13?,15-,16-/m0/s1. The summed E-state index contributed by atoms with van der Waals surface area (Å²) >= 11 is 0. The van der Waals surface area contributed by atoms with E-state index in [2.05, 4.69) is 31.4 Å². The van der Waals surface area contributed by atoms with Gasteiger partial charge < -0.3 is 20.1 Å². The second-order valence-corrected chi connectivity index (χ2v) is 7.45. The van der Waals surface area contributed by atoms with Crippen molar-refractivity contribution in [1.82, 2.24) is 10.6 Å². The van der Waals surface area contributed by atoms with Crippen molar-refractivity contribution in [2.45, 2.75) is 52.6 Å². The highest BCUT2D eigenvalue weighted by atomic mass is 16.7. The van der Waals surface area contributed by atoms with Crippen LogP contribution in [-0.4, -0.2) is 18.9 Å². The molecule has 5 heteroatoms. The summed E-state index contributed by atoms with van der Waals surface area (Å²) in [7, 11) is 0. The molecule has 0 radical (unpaired) electrons. The van der Waals surface area contributed by atoms with Crippen molar-refractivity contribution in [3.63, 3.8) is 0 Å². The summed E-state index contributed by atoms with van der Waals surface area (Å²) in [6, 6.07) is 5.94. The molecule has 1 aliphatic heterocycles. The van der Waals surface area contributed by atoms with Gasteiger partial charge in [0.05, 0.1) is 0 Å². The molecule has 0 spiro atoms. The fraction of sp³-hybridized carbons (Fsp3) is 0.632. The quantitative estimate of drug-likeness (QED) is 0.884. The lowest BCUT2D eigenvalue weighted by atomic mass is 9.74. The Morgan fingerprint density at radius 2 is 2.04 bits per heavy atom. The third kappa shape index (κ3) is 3.94. The average Bonchev–Trinajstić information content (AvgIpc) is 3.00. The van der Waals surface area contributed by atoms with Crippen LogP contribution in [0.5, 0.6) is 11.5 Å². The first-order chi connectivity index (χ1) is 11.5. The van der Waals surface area contributed by atoms with Crippen LogP contribution in [0.1, 0.15) is 45.6 Å². The van der Waals surface area contributed by atoms with Crippen LogP contribution >= 0.6 is 0 Å². The third-order valence-electron chi connectivity index (χ3n) is 5.23. The summed E-state index contributed by atoms with van der Waals surface area (Å²) in [6.45, 7) is 7.52. The van der Waals surface area contributed by atoms with Gasteiger partial charge in [-0.1, -0.05) is 33.3 Å². The van der Waals surface area contributed by atoms with Crippen LogP contribution in [0.4, 0.5) is 4.79 Å². The highest BCUT2D eigenvalue weighted by Crippen LogP contribution is 2.34. The molecule has 1 saturated carbocycles. The number of hydrogen-bond donors (Lipinski definition) is 2. The molecule has 24 heavy (non-hydrogen) atoms. The Kier molecular flexibility index (Phi) is 5.17. The van der Waals surface area contributed by atoms with Gasteiger partial charge in [-0.25, -0.2) is 4.79 Å². The number of ether oxygens (including phenoxy) is 2. The summed E-state index contributed by atoms with van der Waals surface area (Å²) in [5, 5.41) is 6.16. The van der Waals surface area contributed by atoms with E-state index in [0.29, 0.717) is 24.3 Å². The van der Waals surface area contributed by atoms with Crippen LogP contribution in [0.3, 0.4) is 0 Å². The molecule has 1 fully saturated rings. The molecule has 3 rings (SSSR count). The molecule has 2 amide bonds. The predicted octanol–water partition coefficient (Wildman–Crippen LogP) is 3.68. The Bertz CT molecular complexity index is 588. The fourth-order valence-electron chi connectivity index (χ4n) is 3.82. The normalized spacial score (nSPS) is 25.6. The van der Waals surface area contributed by atoms with Gasteiger partial charge in [0, 0.05) is 12.6 Å². The van der Waals surface area contributed by atoms with Crippen LogP contribution < -0.4 is 20.1 Å². The van der Waals surface area contributed by atoms with Crippen LogP contribution in [0, 0.1) is 17.8 Å². The van der Waals surface area contributed by atoms with Gasteiger partial charge in [0.2, 0.25) is 6.79 Å². The molecule has 132 valence electrons. The van der Waals surface area contributed by atoms with Crippen LogP contribution in [0.2, 0.25) is 0 Å². The molecular formula is C19H28N2O3. The van der Waals surface area contributed by atoms with E-state index >= 15 is 0 Å². The summed E-state index contributed by atoms with van der Waals surface area (Å²) in [5.74, 6) is 3.35. The van der Waals surface area contributed by atoms with Gasteiger partial charge in [-0.3, -0.25) is 0 Å². The number of urea groups is 1. The highest BCUT2D eigenvalue weighted by molar-refractivity contribution is 5.74. The number of rotatable bonds is 4. The van der Waals surface area contributed by atoms with Gasteiger partial charge in [0.1, 0.15) is 0 Å². The SMILES string of the molecule is CC1CC[C@@H](C(C)C)[C@@H](NC(=O)NCc2ccc3c(c2)OCO3)C1. The fourth-order valence-corrected chi connectivity index (χ4v) is 3.82. The lowest BCUT2D eigenvalue weighted by Gasteiger charge is -2.37. The van der Waals surface area contributed by atoms with Gasteiger partial charge in [-0.15, -0.1) is 0 Å². The van der Waals surface area contributed by atoms with Crippen molar-refractivity contribution in [3.05, 3.63) is 23.8 Å². The first-order valence-corrected chi connectivity index (χ1v) is 8.96. The predicted molar refractivity (Wildman–Crippen MR) is 93.1 cm³/mol. The van der Waals surface area contributed by atoms with Crippen molar-refractivity contribution in [1.29, 1.82) is 0 Å². The maximum atomic E-state index is 12.3. The Morgan fingerprint density at radius 3 is 2.83 bits per heavy atom. The second-order valence-electron chi connectivity index (χ2n) is 7.45. The zero-order valence-corrected chi connectivity index (χ0v) is 14.8. The van der Waals surface area contributed by atoms with E-state index in [1.807, 2.05) is 18.2 Å². The second kappa shape index (κ2) is 7.32. The van der Waals surface area contributed by atoms with Crippen LogP contribution in [-0.2, 0) is 6.54 Å². The lowest BCUT2D eigenvalue weighted by Crippen LogP contribution is -2.49. The lowest BCUT2D eigenvalue weighted by molar-refractivity contribution is 0.168.